The molecule has 3 rings (SSSR count). The third kappa shape index (κ3) is 4.62. The molecule has 1 aromatic carbocycles. The summed E-state index contributed by atoms with van der Waals surface area (Å²) in [6.07, 6.45) is 0. The van der Waals surface area contributed by atoms with Gasteiger partial charge in [-0.15, -0.1) is 11.3 Å². The Labute approximate surface area is 182 Å². The number of benzene rings is 1. The average Bonchev–Trinajstić information content (AvgIpc) is 3.14. The molecule has 0 saturated carbocycles. The molecular weight excluding hydrogens is 448 g/mol. The topological polar surface area (TPSA) is 101 Å². The smallest absolute Gasteiger partial charge is 0.267 e. The number of halogens is 1. The highest BCUT2D eigenvalue weighted by molar-refractivity contribution is 7.89. The Morgan fingerprint density at radius 2 is 1.80 bits per heavy atom. The molecule has 1 amide bonds. The molecule has 11 heteroatoms. The SMILES string of the molecule is C[C@H](C(=O)Nc1ccc(S(=O)(=O)N(C)C)cc1)n1nc(-c2ccc(Cl)s2)ccc1=O. The lowest BCUT2D eigenvalue weighted by Gasteiger charge is -2.15. The number of anilines is 1. The third-order valence-electron chi connectivity index (χ3n) is 4.30. The molecule has 0 fully saturated rings. The second kappa shape index (κ2) is 8.68. The van der Waals surface area contributed by atoms with E-state index in [-0.39, 0.29) is 4.90 Å². The molecule has 2 heterocycles. The number of sulfonamides is 1. The van der Waals surface area contributed by atoms with Crippen LogP contribution in [-0.2, 0) is 14.8 Å². The van der Waals surface area contributed by atoms with Gasteiger partial charge in [0.25, 0.3) is 5.56 Å². The lowest BCUT2D eigenvalue weighted by Crippen LogP contribution is -2.33. The number of nitrogens with one attached hydrogen (secondary N) is 1. The van der Waals surface area contributed by atoms with Crippen LogP contribution in [-0.4, -0.2) is 42.5 Å². The van der Waals surface area contributed by atoms with Crippen molar-refractivity contribution in [1.82, 2.24) is 14.1 Å². The summed E-state index contributed by atoms with van der Waals surface area (Å²) in [6.45, 7) is 1.56. The van der Waals surface area contributed by atoms with Gasteiger partial charge in [0.05, 0.1) is 14.1 Å². The summed E-state index contributed by atoms with van der Waals surface area (Å²) in [7, 11) is -0.679. The summed E-state index contributed by atoms with van der Waals surface area (Å²) in [5.41, 5.74) is 0.514. The monoisotopic (exact) mass is 466 g/mol. The Morgan fingerprint density at radius 3 is 2.37 bits per heavy atom. The number of carbonyl (C=O) groups excluding carboxylic acids is 1. The molecule has 0 aliphatic rings. The maximum atomic E-state index is 12.7. The van der Waals surface area contributed by atoms with Gasteiger partial charge in [-0.2, -0.15) is 5.10 Å². The average molecular weight is 467 g/mol. The molecule has 0 bridgehead atoms. The summed E-state index contributed by atoms with van der Waals surface area (Å²) in [5, 5.41) is 6.97. The number of nitrogens with zero attached hydrogens (tertiary/aromatic N) is 3. The minimum Gasteiger partial charge on any atom is -0.324 e. The Hall–Kier alpha value is -2.53. The largest absolute Gasteiger partial charge is 0.324 e. The van der Waals surface area contributed by atoms with E-state index >= 15 is 0 Å². The minimum atomic E-state index is -3.56. The first-order valence-corrected chi connectivity index (χ1v) is 11.4. The molecule has 1 N–H and O–H groups in total. The van der Waals surface area contributed by atoms with Crippen molar-refractivity contribution in [3.8, 4) is 10.6 Å². The van der Waals surface area contributed by atoms with E-state index in [4.69, 9.17) is 11.6 Å². The lowest BCUT2D eigenvalue weighted by atomic mass is 10.2. The number of aromatic nitrogens is 2. The number of carbonyl (C=O) groups is 1. The van der Waals surface area contributed by atoms with E-state index < -0.39 is 27.5 Å². The van der Waals surface area contributed by atoms with Crippen molar-refractivity contribution in [3.05, 3.63) is 63.2 Å². The molecule has 30 heavy (non-hydrogen) atoms. The molecule has 0 spiro atoms. The minimum absolute atomic E-state index is 0.110. The van der Waals surface area contributed by atoms with Gasteiger partial charge in [-0.1, -0.05) is 11.6 Å². The molecule has 0 radical (unpaired) electrons. The molecule has 3 aromatic rings. The van der Waals surface area contributed by atoms with Gasteiger partial charge >= 0.3 is 0 Å². The van der Waals surface area contributed by atoms with Crippen LogP contribution in [0.4, 0.5) is 5.69 Å². The molecular formula is C19H19ClN4O4S2. The van der Waals surface area contributed by atoms with Crippen molar-refractivity contribution >= 4 is 44.6 Å². The molecule has 158 valence electrons. The highest BCUT2D eigenvalue weighted by Gasteiger charge is 2.20. The second-order valence-corrected chi connectivity index (χ2v) is 10.4. The summed E-state index contributed by atoms with van der Waals surface area (Å²) in [4.78, 5) is 25.8. The number of thiophene rings is 1. The van der Waals surface area contributed by atoms with Crippen LogP contribution < -0.4 is 10.9 Å². The van der Waals surface area contributed by atoms with Gasteiger partial charge in [0.1, 0.15) is 11.7 Å². The van der Waals surface area contributed by atoms with Crippen LogP contribution in [0.3, 0.4) is 0 Å². The van der Waals surface area contributed by atoms with Crippen molar-refractivity contribution in [2.75, 3.05) is 19.4 Å². The normalized spacial score (nSPS) is 12.7. The van der Waals surface area contributed by atoms with E-state index in [1.54, 1.807) is 25.1 Å². The van der Waals surface area contributed by atoms with E-state index in [0.29, 0.717) is 15.7 Å². The zero-order valence-electron chi connectivity index (χ0n) is 16.4. The number of hydrogen-bond acceptors (Lipinski definition) is 6. The summed E-state index contributed by atoms with van der Waals surface area (Å²) in [6, 6.07) is 11.3. The van der Waals surface area contributed by atoms with Gasteiger partial charge in [0.2, 0.25) is 15.9 Å². The first kappa shape index (κ1) is 22.2. The van der Waals surface area contributed by atoms with Crippen LogP contribution in [0.2, 0.25) is 4.34 Å². The maximum absolute atomic E-state index is 12.7. The molecule has 0 aliphatic heterocycles. The standard InChI is InChI=1S/C19H19ClN4O4S2/c1-12(24-18(25)11-8-15(22-24)16-9-10-17(20)29-16)19(26)21-13-4-6-14(7-5-13)30(27,28)23(2)3/h4-12H,1-3H3,(H,21,26)/t12-/m1/s1. The van der Waals surface area contributed by atoms with Gasteiger partial charge in [-0.3, -0.25) is 9.59 Å². The van der Waals surface area contributed by atoms with Crippen LogP contribution in [0.1, 0.15) is 13.0 Å². The molecule has 0 saturated heterocycles. The summed E-state index contributed by atoms with van der Waals surface area (Å²) >= 11 is 7.28. The number of hydrogen-bond donors (Lipinski definition) is 1. The van der Waals surface area contributed by atoms with Crippen LogP contribution >= 0.6 is 22.9 Å². The quantitative estimate of drug-likeness (QED) is 0.601. The van der Waals surface area contributed by atoms with Crippen molar-refractivity contribution in [2.24, 2.45) is 0 Å². The van der Waals surface area contributed by atoms with Crippen LogP contribution in [0.5, 0.6) is 0 Å². The molecule has 0 unspecified atom stereocenters. The van der Waals surface area contributed by atoms with Crippen molar-refractivity contribution in [1.29, 1.82) is 0 Å². The van der Waals surface area contributed by atoms with Crippen LogP contribution in [0.15, 0.2) is 58.2 Å². The van der Waals surface area contributed by atoms with Crippen molar-refractivity contribution < 1.29 is 13.2 Å². The molecule has 2 aromatic heterocycles. The Morgan fingerprint density at radius 1 is 1.13 bits per heavy atom. The third-order valence-corrected chi connectivity index (χ3v) is 7.38. The predicted molar refractivity (Wildman–Crippen MR) is 117 cm³/mol. The lowest BCUT2D eigenvalue weighted by molar-refractivity contribution is -0.119. The Bertz CT molecular complexity index is 1230. The van der Waals surface area contributed by atoms with Gasteiger partial charge in [-0.05, 0) is 49.4 Å². The highest BCUT2D eigenvalue weighted by Crippen LogP contribution is 2.29. The number of amides is 1. The maximum Gasteiger partial charge on any atom is 0.267 e. The molecule has 0 aliphatic carbocycles. The van der Waals surface area contributed by atoms with E-state index in [1.807, 2.05) is 0 Å². The molecule has 1 atom stereocenters. The van der Waals surface area contributed by atoms with Gasteiger partial charge in [0.15, 0.2) is 0 Å². The fourth-order valence-electron chi connectivity index (χ4n) is 2.56. The predicted octanol–water partition coefficient (Wildman–Crippen LogP) is 3.08. The first-order chi connectivity index (χ1) is 14.1. The zero-order chi connectivity index (χ0) is 22.1. The fraction of sp³-hybridized carbons (Fsp3) is 0.211. The van der Waals surface area contributed by atoms with E-state index in [2.05, 4.69) is 10.4 Å². The zero-order valence-corrected chi connectivity index (χ0v) is 18.8. The number of rotatable bonds is 6. The van der Waals surface area contributed by atoms with Crippen molar-refractivity contribution in [3.63, 3.8) is 0 Å². The van der Waals surface area contributed by atoms with E-state index in [0.717, 1.165) is 13.9 Å². The van der Waals surface area contributed by atoms with E-state index in [1.165, 1.54) is 55.8 Å². The fourth-order valence-corrected chi connectivity index (χ4v) is 4.47. The van der Waals surface area contributed by atoms with Gasteiger partial charge in [0, 0.05) is 25.8 Å². The van der Waals surface area contributed by atoms with Crippen molar-refractivity contribution in [2.45, 2.75) is 17.9 Å². The molecule has 8 nitrogen and oxygen atoms in total. The Kier molecular flexibility index (Phi) is 6.41. The first-order valence-electron chi connectivity index (χ1n) is 8.78. The Balaban J connectivity index is 1.80. The second-order valence-electron chi connectivity index (χ2n) is 6.58. The van der Waals surface area contributed by atoms with Gasteiger partial charge < -0.3 is 5.32 Å². The van der Waals surface area contributed by atoms with Crippen LogP contribution in [0, 0.1) is 0 Å². The summed E-state index contributed by atoms with van der Waals surface area (Å²) < 4.78 is 27.1. The van der Waals surface area contributed by atoms with Gasteiger partial charge in [-0.25, -0.2) is 17.4 Å². The van der Waals surface area contributed by atoms with Crippen LogP contribution in [0.25, 0.3) is 10.6 Å². The summed E-state index contributed by atoms with van der Waals surface area (Å²) in [5.74, 6) is -0.464. The highest BCUT2D eigenvalue weighted by atomic mass is 35.5. The van der Waals surface area contributed by atoms with E-state index in [9.17, 15) is 18.0 Å².